The van der Waals surface area contributed by atoms with E-state index < -0.39 is 0 Å². The fourth-order valence-corrected chi connectivity index (χ4v) is 7.96. The second kappa shape index (κ2) is 11.1. The van der Waals surface area contributed by atoms with Crippen LogP contribution in [0.3, 0.4) is 0 Å². The first-order valence-corrected chi connectivity index (χ1v) is 17.2. The first-order valence-electron chi connectivity index (χ1n) is 17.2. The number of hydrogen-bond acceptors (Lipinski definition) is 2. The summed E-state index contributed by atoms with van der Waals surface area (Å²) in [4.78, 5) is 5.16. The van der Waals surface area contributed by atoms with E-state index in [-0.39, 0.29) is 6.71 Å². The van der Waals surface area contributed by atoms with Gasteiger partial charge in [-0.05, 0) is 101 Å². The van der Waals surface area contributed by atoms with Gasteiger partial charge in [0, 0.05) is 0 Å². The number of aromatic nitrogens is 3. The highest BCUT2D eigenvalue weighted by molar-refractivity contribution is 6.97. The summed E-state index contributed by atoms with van der Waals surface area (Å²) in [6.07, 6.45) is 0. The molecule has 7 aromatic carbocycles. The van der Waals surface area contributed by atoms with Gasteiger partial charge in [0.25, 0.3) is 6.71 Å². The number of fused-ring (bicyclic) bond motifs is 7. The summed E-state index contributed by atoms with van der Waals surface area (Å²) in [5.41, 5.74) is 16.3. The van der Waals surface area contributed by atoms with Gasteiger partial charge in [0.2, 0.25) is 5.78 Å². The van der Waals surface area contributed by atoms with Crippen molar-refractivity contribution in [2.24, 2.45) is 0 Å². The molecule has 4 nitrogen and oxygen atoms in total. The number of imidazole rings is 2. The number of hydrogen-bond donors (Lipinski definition) is 0. The molecule has 0 saturated heterocycles. The highest BCUT2D eigenvalue weighted by Gasteiger charge is 2.34. The third kappa shape index (κ3) is 4.30. The standard InChI is InChI=1S/C45H32BN3O/c1-29-13-3-4-14-33(29)34-26-25-31(27-37(34)46-35-15-5-11-21-43(35)50-44-22-12-6-16-36(44)46)32-24-23-30(2)42(28-32)49-41-20-10-9-19-40(41)48-39-18-8-7-17-38(39)47-45(48)49/h3-28H,1-2H3. The molecule has 0 unspecified atom stereocenters. The molecule has 0 bridgehead atoms. The Hall–Kier alpha value is -6.33. The van der Waals surface area contributed by atoms with Crippen LogP contribution in [0.4, 0.5) is 0 Å². The summed E-state index contributed by atoms with van der Waals surface area (Å²) in [5.74, 6) is 2.73. The fourth-order valence-electron chi connectivity index (χ4n) is 7.96. The second-order valence-electron chi connectivity index (χ2n) is 13.3. The third-order valence-electron chi connectivity index (χ3n) is 10.4. The minimum Gasteiger partial charge on any atom is -0.458 e. The van der Waals surface area contributed by atoms with Crippen LogP contribution in [0.1, 0.15) is 11.1 Å². The lowest BCUT2D eigenvalue weighted by Gasteiger charge is -2.28. The maximum Gasteiger partial charge on any atom is 0.251 e. The van der Waals surface area contributed by atoms with Gasteiger partial charge in [0.1, 0.15) is 11.5 Å². The average Bonchev–Trinajstić information content (AvgIpc) is 3.69. The molecule has 3 heterocycles. The van der Waals surface area contributed by atoms with Gasteiger partial charge >= 0.3 is 0 Å². The molecule has 0 atom stereocenters. The lowest BCUT2D eigenvalue weighted by molar-refractivity contribution is 0.487. The lowest BCUT2D eigenvalue weighted by atomic mass is 9.35. The third-order valence-corrected chi connectivity index (χ3v) is 10.4. The SMILES string of the molecule is Cc1ccccc1-c1ccc(-c2ccc(C)c(-n3c4ccccc4n4c5ccccc5nc34)c2)cc1B1c2ccccc2Oc2ccccc21. The molecule has 2 aromatic heterocycles. The second-order valence-corrected chi connectivity index (χ2v) is 13.3. The summed E-state index contributed by atoms with van der Waals surface area (Å²) in [6.45, 7) is 4.39. The van der Waals surface area contributed by atoms with Crippen LogP contribution in [0.5, 0.6) is 11.5 Å². The Kier molecular flexibility index (Phi) is 6.37. The molecule has 5 heteroatoms. The van der Waals surface area contributed by atoms with Crippen LogP contribution in [0.25, 0.3) is 55.8 Å². The minimum absolute atomic E-state index is 0.000917. The normalized spacial score (nSPS) is 12.3. The van der Waals surface area contributed by atoms with Crippen molar-refractivity contribution in [1.82, 2.24) is 14.0 Å². The maximum atomic E-state index is 6.47. The molecular weight excluding hydrogens is 609 g/mol. The topological polar surface area (TPSA) is 31.5 Å². The predicted octanol–water partition coefficient (Wildman–Crippen LogP) is 9.00. The molecule has 1 aliphatic heterocycles. The molecular formula is C45H32BN3O. The first-order chi connectivity index (χ1) is 24.6. The van der Waals surface area contributed by atoms with Gasteiger partial charge < -0.3 is 4.74 Å². The van der Waals surface area contributed by atoms with Crippen LogP contribution in [0, 0.1) is 13.8 Å². The van der Waals surface area contributed by atoms with E-state index in [9.17, 15) is 0 Å². The molecule has 0 fully saturated rings. The van der Waals surface area contributed by atoms with Crippen molar-refractivity contribution < 1.29 is 4.74 Å². The molecule has 236 valence electrons. The summed E-state index contributed by atoms with van der Waals surface area (Å²) >= 11 is 0. The van der Waals surface area contributed by atoms with Gasteiger partial charge in [-0.3, -0.25) is 8.97 Å². The van der Waals surface area contributed by atoms with Gasteiger partial charge in [0.05, 0.1) is 27.8 Å². The zero-order valence-corrected chi connectivity index (χ0v) is 27.8. The van der Waals surface area contributed by atoms with E-state index in [2.05, 4.69) is 181 Å². The van der Waals surface area contributed by atoms with Gasteiger partial charge in [-0.1, -0.05) is 121 Å². The van der Waals surface area contributed by atoms with Crippen molar-refractivity contribution in [3.8, 4) is 39.4 Å². The van der Waals surface area contributed by atoms with Crippen LogP contribution in [-0.4, -0.2) is 20.7 Å². The van der Waals surface area contributed by atoms with Crippen molar-refractivity contribution in [3.05, 3.63) is 169 Å². The largest absolute Gasteiger partial charge is 0.458 e. The van der Waals surface area contributed by atoms with E-state index in [1.165, 1.54) is 44.2 Å². The predicted molar refractivity (Wildman–Crippen MR) is 207 cm³/mol. The number of para-hydroxylation sites is 6. The lowest BCUT2D eigenvalue weighted by Crippen LogP contribution is -2.55. The van der Waals surface area contributed by atoms with Crippen molar-refractivity contribution in [1.29, 1.82) is 0 Å². The highest BCUT2D eigenvalue weighted by Crippen LogP contribution is 2.34. The quantitative estimate of drug-likeness (QED) is 0.180. The Morgan fingerprint density at radius 3 is 1.90 bits per heavy atom. The van der Waals surface area contributed by atoms with Gasteiger partial charge in [0.15, 0.2) is 0 Å². The van der Waals surface area contributed by atoms with E-state index in [4.69, 9.17) is 9.72 Å². The molecule has 0 N–H and O–H groups in total. The van der Waals surface area contributed by atoms with E-state index in [0.717, 1.165) is 50.6 Å². The molecule has 0 aliphatic carbocycles. The van der Waals surface area contributed by atoms with Crippen molar-refractivity contribution in [3.63, 3.8) is 0 Å². The molecule has 50 heavy (non-hydrogen) atoms. The fraction of sp³-hybridized carbons (Fsp3) is 0.0444. The molecule has 0 spiro atoms. The number of rotatable bonds is 4. The Bertz CT molecular complexity index is 2750. The van der Waals surface area contributed by atoms with Crippen molar-refractivity contribution in [2.45, 2.75) is 13.8 Å². The number of benzene rings is 7. The molecule has 0 saturated carbocycles. The van der Waals surface area contributed by atoms with Gasteiger partial charge in [-0.2, -0.15) is 0 Å². The summed E-state index contributed by atoms with van der Waals surface area (Å²) in [6, 6.07) is 56.5. The first kappa shape index (κ1) is 28.7. The van der Waals surface area contributed by atoms with Crippen molar-refractivity contribution in [2.75, 3.05) is 0 Å². The number of ether oxygens (including phenoxy) is 1. The molecule has 1 aliphatic rings. The molecule has 9 aromatic rings. The Labute approximate surface area is 290 Å². The van der Waals surface area contributed by atoms with Gasteiger partial charge in [-0.25, -0.2) is 4.98 Å². The Morgan fingerprint density at radius 2 is 1.12 bits per heavy atom. The minimum atomic E-state index is 0.000917. The highest BCUT2D eigenvalue weighted by atomic mass is 16.5. The van der Waals surface area contributed by atoms with Crippen LogP contribution >= 0.6 is 0 Å². The summed E-state index contributed by atoms with van der Waals surface area (Å²) in [7, 11) is 0. The van der Waals surface area contributed by atoms with Crippen LogP contribution in [-0.2, 0) is 0 Å². The van der Waals surface area contributed by atoms with Crippen LogP contribution < -0.4 is 21.1 Å². The molecule has 10 rings (SSSR count). The van der Waals surface area contributed by atoms with Crippen LogP contribution in [0.15, 0.2) is 158 Å². The van der Waals surface area contributed by atoms with E-state index in [1.54, 1.807) is 0 Å². The smallest absolute Gasteiger partial charge is 0.251 e. The van der Waals surface area contributed by atoms with E-state index >= 15 is 0 Å². The van der Waals surface area contributed by atoms with Crippen LogP contribution in [0.2, 0.25) is 0 Å². The average molecular weight is 642 g/mol. The monoisotopic (exact) mass is 641 g/mol. The Balaban J connectivity index is 1.21. The summed E-state index contributed by atoms with van der Waals surface area (Å²) < 4.78 is 11.1. The number of aryl methyl sites for hydroxylation is 2. The maximum absolute atomic E-state index is 6.47. The molecule has 0 radical (unpaired) electrons. The van der Waals surface area contributed by atoms with E-state index in [0.29, 0.717) is 0 Å². The summed E-state index contributed by atoms with van der Waals surface area (Å²) in [5, 5.41) is 0. The van der Waals surface area contributed by atoms with Crippen molar-refractivity contribution >= 4 is 50.9 Å². The number of nitrogens with zero attached hydrogens (tertiary/aromatic N) is 3. The zero-order chi connectivity index (χ0) is 33.3. The molecule has 0 amide bonds. The Morgan fingerprint density at radius 1 is 0.500 bits per heavy atom. The van der Waals surface area contributed by atoms with Gasteiger partial charge in [-0.15, -0.1) is 0 Å². The zero-order valence-electron chi connectivity index (χ0n) is 27.8. The van der Waals surface area contributed by atoms with E-state index in [1.807, 2.05) is 0 Å².